The van der Waals surface area contributed by atoms with Crippen LogP contribution in [0.5, 0.6) is 0 Å². The fraction of sp³-hybridized carbons (Fsp3) is 0.171. The third kappa shape index (κ3) is 4.49. The van der Waals surface area contributed by atoms with Crippen molar-refractivity contribution >= 4 is 33.9 Å². The summed E-state index contributed by atoms with van der Waals surface area (Å²) in [5.41, 5.74) is 2.17. The highest BCUT2D eigenvalue weighted by Gasteiger charge is 2.68. The van der Waals surface area contributed by atoms with E-state index in [1.54, 1.807) is 6.20 Å². The molecule has 2 heterocycles. The van der Waals surface area contributed by atoms with Gasteiger partial charge in [-0.05, 0) is 46.0 Å². The number of rotatable bonds is 6. The molecule has 42 heavy (non-hydrogen) atoms. The van der Waals surface area contributed by atoms with Gasteiger partial charge in [-0.15, -0.1) is 0 Å². The number of carbonyl (C=O) groups excluding carboxylic acids is 2. The van der Waals surface area contributed by atoms with E-state index in [0.717, 1.165) is 26.7 Å². The topological polar surface area (TPSA) is 79.6 Å². The zero-order valence-corrected chi connectivity index (χ0v) is 24.3. The van der Waals surface area contributed by atoms with Crippen LogP contribution in [0.25, 0.3) is 6.08 Å². The van der Waals surface area contributed by atoms with Gasteiger partial charge in [0.1, 0.15) is 6.04 Å². The number of benzene rings is 4. The predicted octanol–water partition coefficient (Wildman–Crippen LogP) is 6.96. The van der Waals surface area contributed by atoms with Crippen LogP contribution in [0.2, 0.25) is 0 Å². The number of nitrogens with zero attached hydrogens (tertiary/aromatic N) is 2. The number of ether oxygens (including phenoxy) is 2. The summed E-state index contributed by atoms with van der Waals surface area (Å²) in [6.07, 6.45) is 3.01. The first-order chi connectivity index (χ1) is 20.5. The Labute approximate surface area is 252 Å². The summed E-state index contributed by atoms with van der Waals surface area (Å²) in [6.45, 7) is 0. The second kappa shape index (κ2) is 11.3. The maximum atomic E-state index is 14.6. The van der Waals surface area contributed by atoms with Crippen LogP contribution in [0.3, 0.4) is 0 Å². The van der Waals surface area contributed by atoms with Crippen molar-refractivity contribution in [3.63, 3.8) is 0 Å². The summed E-state index contributed by atoms with van der Waals surface area (Å²) in [7, 11) is 1.28. The van der Waals surface area contributed by atoms with Crippen molar-refractivity contribution in [2.24, 2.45) is 5.41 Å². The van der Waals surface area contributed by atoms with Gasteiger partial charge in [0.25, 0.3) is 0 Å². The van der Waals surface area contributed by atoms with Crippen LogP contribution in [0.4, 0.5) is 0 Å². The number of carbonyl (C=O) groups is 2. The van der Waals surface area contributed by atoms with E-state index >= 15 is 0 Å². The van der Waals surface area contributed by atoms with Crippen LogP contribution in [-0.2, 0) is 19.1 Å². The van der Waals surface area contributed by atoms with Crippen molar-refractivity contribution in [3.8, 4) is 6.07 Å². The summed E-state index contributed by atoms with van der Waals surface area (Å²) < 4.78 is 12.6. The van der Waals surface area contributed by atoms with Gasteiger partial charge in [0.2, 0.25) is 0 Å². The molecule has 0 unspecified atom stereocenters. The normalized spacial score (nSPS) is 22.1. The smallest absolute Gasteiger partial charge is 0.330 e. The molecule has 6 rings (SSSR count). The molecule has 1 saturated heterocycles. The number of fused-ring (bicyclic) bond motifs is 3. The average Bonchev–Trinajstić information content (AvgIpc) is 3.36. The number of halogens is 1. The van der Waals surface area contributed by atoms with Gasteiger partial charge in [-0.25, -0.2) is 4.79 Å². The lowest BCUT2D eigenvalue weighted by molar-refractivity contribution is -0.153. The molecule has 2 aliphatic heterocycles. The zero-order valence-electron chi connectivity index (χ0n) is 22.8. The molecule has 6 nitrogen and oxygen atoms in total. The second-order valence-corrected chi connectivity index (χ2v) is 11.3. The van der Waals surface area contributed by atoms with Gasteiger partial charge in [-0.3, -0.25) is 4.79 Å². The van der Waals surface area contributed by atoms with Crippen LogP contribution < -0.4 is 0 Å². The van der Waals surface area contributed by atoms with E-state index in [0.29, 0.717) is 5.56 Å². The molecule has 0 aliphatic carbocycles. The summed E-state index contributed by atoms with van der Waals surface area (Å²) in [5.74, 6) is -2.14. The molecule has 4 atom stereocenters. The number of nitriles is 1. The predicted molar refractivity (Wildman–Crippen MR) is 162 cm³/mol. The molecule has 0 spiro atoms. The molecular weight excluding hydrogens is 592 g/mol. The van der Waals surface area contributed by atoms with Crippen molar-refractivity contribution in [1.82, 2.24) is 4.90 Å². The number of hydrogen-bond donors (Lipinski definition) is 0. The second-order valence-electron chi connectivity index (χ2n) is 10.4. The van der Waals surface area contributed by atoms with Gasteiger partial charge in [-0.2, -0.15) is 5.26 Å². The largest absolute Gasteiger partial charge is 0.468 e. The molecule has 0 amide bonds. The Morgan fingerprint density at radius 3 is 2.07 bits per heavy atom. The van der Waals surface area contributed by atoms with Crippen molar-refractivity contribution in [3.05, 3.63) is 148 Å². The van der Waals surface area contributed by atoms with Gasteiger partial charge in [0, 0.05) is 16.6 Å². The van der Waals surface area contributed by atoms with Gasteiger partial charge in [-0.1, -0.05) is 113 Å². The van der Waals surface area contributed by atoms with Gasteiger partial charge in [0.05, 0.1) is 19.2 Å². The van der Waals surface area contributed by atoms with E-state index in [9.17, 15) is 14.9 Å². The highest BCUT2D eigenvalue weighted by atomic mass is 79.9. The van der Waals surface area contributed by atoms with Crippen molar-refractivity contribution in [2.75, 3.05) is 7.11 Å². The van der Waals surface area contributed by atoms with E-state index in [1.807, 2.05) is 120 Å². The minimum absolute atomic E-state index is 0.546. The van der Waals surface area contributed by atoms with Crippen LogP contribution in [-0.4, -0.2) is 30.0 Å². The molecule has 4 aromatic carbocycles. The van der Waals surface area contributed by atoms with Crippen molar-refractivity contribution in [1.29, 1.82) is 5.26 Å². The third-order valence-electron chi connectivity index (χ3n) is 8.19. The summed E-state index contributed by atoms with van der Waals surface area (Å²) in [4.78, 5) is 30.2. The van der Waals surface area contributed by atoms with E-state index in [2.05, 4.69) is 22.0 Å². The van der Waals surface area contributed by atoms with Crippen molar-refractivity contribution < 1.29 is 19.1 Å². The zero-order chi connectivity index (χ0) is 29.3. The maximum Gasteiger partial charge on any atom is 0.330 e. The summed E-state index contributed by atoms with van der Waals surface area (Å²) in [6, 6.07) is 34.6. The molecule has 0 N–H and O–H groups in total. The molecule has 0 bridgehead atoms. The lowest BCUT2D eigenvalue weighted by Crippen LogP contribution is -2.41. The quantitative estimate of drug-likeness (QED) is 0.217. The van der Waals surface area contributed by atoms with E-state index < -0.39 is 41.5 Å². The Morgan fingerprint density at radius 1 is 0.881 bits per heavy atom. The molecule has 0 aromatic heterocycles. The molecule has 0 radical (unpaired) electrons. The lowest BCUT2D eigenvalue weighted by atomic mass is 9.67. The third-order valence-corrected chi connectivity index (χ3v) is 8.72. The SMILES string of the molecule is COC(=O)[C@]1(C#N)[C@@H](c2ccc(Br)cc2)[C@H](C(=O)OC(c2ccccc2)c2ccccc2)N2C=Cc3ccccc3[C@@H]21. The first-order valence-electron chi connectivity index (χ1n) is 13.6. The fourth-order valence-electron chi connectivity index (χ4n) is 6.38. The number of esters is 2. The van der Waals surface area contributed by atoms with Crippen molar-refractivity contribution in [2.45, 2.75) is 24.1 Å². The monoisotopic (exact) mass is 618 g/mol. The van der Waals surface area contributed by atoms with Crippen LogP contribution in [0.1, 0.15) is 45.9 Å². The molecular formula is C35H27BrN2O4. The first-order valence-corrected chi connectivity index (χ1v) is 14.4. The Morgan fingerprint density at radius 2 is 1.48 bits per heavy atom. The van der Waals surface area contributed by atoms with Crippen LogP contribution >= 0.6 is 15.9 Å². The fourth-order valence-corrected chi connectivity index (χ4v) is 6.64. The Balaban J connectivity index is 1.54. The Bertz CT molecular complexity index is 1640. The van der Waals surface area contributed by atoms with Gasteiger partial charge >= 0.3 is 11.9 Å². The molecule has 1 fully saturated rings. The minimum Gasteiger partial charge on any atom is -0.468 e. The van der Waals surface area contributed by atoms with Gasteiger partial charge in [0.15, 0.2) is 11.5 Å². The summed E-state index contributed by atoms with van der Waals surface area (Å²) >= 11 is 3.48. The molecule has 7 heteroatoms. The number of methoxy groups -OCH3 is 1. The molecule has 0 saturated carbocycles. The highest BCUT2D eigenvalue weighted by molar-refractivity contribution is 9.10. The molecule has 208 valence electrons. The first kappa shape index (κ1) is 27.5. The maximum absolute atomic E-state index is 14.6. The van der Waals surface area contributed by atoms with Crippen LogP contribution in [0.15, 0.2) is 120 Å². The van der Waals surface area contributed by atoms with Gasteiger partial charge < -0.3 is 14.4 Å². The molecule has 2 aliphatic rings. The van der Waals surface area contributed by atoms with E-state index in [-0.39, 0.29) is 0 Å². The van der Waals surface area contributed by atoms with Crippen LogP contribution in [0, 0.1) is 16.7 Å². The van der Waals surface area contributed by atoms with E-state index in [1.165, 1.54) is 7.11 Å². The number of hydrogen-bond acceptors (Lipinski definition) is 6. The standard InChI is InChI=1S/C35H27BrN2O4/c1-41-34(40)35(22-37)29(24-16-18-27(36)19-17-24)30(38-21-20-23-10-8-9-15-28(23)32(35)38)33(39)42-31(25-11-4-2-5-12-25)26-13-6-3-7-14-26/h2-21,29-32H,1H3/t29-,30+,32+,35+/m0/s1. The van der Waals surface area contributed by atoms with E-state index in [4.69, 9.17) is 9.47 Å². The lowest BCUT2D eigenvalue weighted by Gasteiger charge is -2.36. The minimum atomic E-state index is -1.75. The highest BCUT2D eigenvalue weighted by Crippen LogP contribution is 2.60. The summed E-state index contributed by atoms with van der Waals surface area (Å²) in [5, 5.41) is 10.9. The average molecular weight is 620 g/mol. The Hall–Kier alpha value is -4.67. The Kier molecular flexibility index (Phi) is 7.40. The molecule has 4 aromatic rings.